The summed E-state index contributed by atoms with van der Waals surface area (Å²) in [4.78, 5) is 18.8. The molecule has 0 amide bonds. The number of aliphatic hydroxyl groups is 5. The van der Waals surface area contributed by atoms with E-state index in [1.54, 1.807) is 24.3 Å². The largest absolute Gasteiger partial charge is 0.396 e. The number of aromatic nitrogens is 2. The molecule has 3 rings (SSSR count). The molecule has 8 unspecified atom stereocenters. The number of imidazole rings is 1. The lowest BCUT2D eigenvalue weighted by Gasteiger charge is -2.43. The number of H-pyrrole nitrogens is 1. The second-order valence-electron chi connectivity index (χ2n) is 8.57. The first-order chi connectivity index (χ1) is 15.4. The van der Waals surface area contributed by atoms with E-state index in [4.69, 9.17) is 9.47 Å². The average Bonchev–Trinajstić information content (AvgIpc) is 3.27. The first-order valence-corrected chi connectivity index (χ1v) is 12.2. The van der Waals surface area contributed by atoms with Gasteiger partial charge in [0, 0.05) is 49.4 Å². The van der Waals surface area contributed by atoms with Gasteiger partial charge in [-0.1, -0.05) is 0 Å². The molecule has 32 heavy (non-hydrogen) atoms. The highest BCUT2D eigenvalue weighted by atomic mass is 32.2. The van der Waals surface area contributed by atoms with Gasteiger partial charge in [-0.25, -0.2) is 4.98 Å². The second-order valence-corrected chi connectivity index (χ2v) is 9.72. The van der Waals surface area contributed by atoms with Gasteiger partial charge in [0.15, 0.2) is 6.29 Å². The van der Waals surface area contributed by atoms with Crippen LogP contribution in [0.2, 0.25) is 0 Å². The molecule has 0 aromatic carbocycles. The number of aromatic amines is 1. The SMILES string of the molecule is O=C(CCCSCC1CC(O)C(O)C(OC2C(CO)CCC(O)C2O)O1)Cc1cnc[nH]1. The highest BCUT2D eigenvalue weighted by molar-refractivity contribution is 7.99. The fourth-order valence-corrected chi connectivity index (χ4v) is 5.16. The number of ether oxygens (including phenoxy) is 2. The number of aliphatic hydroxyl groups excluding tert-OH is 5. The zero-order chi connectivity index (χ0) is 23.1. The Labute approximate surface area is 191 Å². The second kappa shape index (κ2) is 12.4. The van der Waals surface area contributed by atoms with E-state index in [9.17, 15) is 30.3 Å². The van der Waals surface area contributed by atoms with Gasteiger partial charge in [-0.3, -0.25) is 4.79 Å². The number of nitrogens with one attached hydrogen (secondary N) is 1. The van der Waals surface area contributed by atoms with E-state index in [0.717, 1.165) is 17.9 Å². The van der Waals surface area contributed by atoms with Crippen LogP contribution in [0, 0.1) is 5.92 Å². The first kappa shape index (κ1) is 25.6. The van der Waals surface area contributed by atoms with Gasteiger partial charge in [0.1, 0.15) is 18.0 Å². The third-order valence-electron chi connectivity index (χ3n) is 6.05. The van der Waals surface area contributed by atoms with Crippen LogP contribution in [0.25, 0.3) is 0 Å². The van der Waals surface area contributed by atoms with Crippen LogP contribution in [-0.4, -0.2) is 102 Å². The highest BCUT2D eigenvalue weighted by Crippen LogP contribution is 2.32. The predicted molar refractivity (Wildman–Crippen MR) is 116 cm³/mol. The fourth-order valence-electron chi connectivity index (χ4n) is 4.16. The van der Waals surface area contributed by atoms with Crippen molar-refractivity contribution in [3.05, 3.63) is 18.2 Å². The van der Waals surface area contributed by atoms with Gasteiger partial charge in [-0.2, -0.15) is 11.8 Å². The molecule has 182 valence electrons. The summed E-state index contributed by atoms with van der Waals surface area (Å²) in [6.45, 7) is -0.224. The lowest BCUT2D eigenvalue weighted by Crippen LogP contribution is -2.56. The van der Waals surface area contributed by atoms with E-state index < -0.39 is 42.7 Å². The molecule has 11 heteroatoms. The Morgan fingerprint density at radius 2 is 2.03 bits per heavy atom. The van der Waals surface area contributed by atoms with Crippen molar-refractivity contribution >= 4 is 17.5 Å². The van der Waals surface area contributed by atoms with Crippen molar-refractivity contribution in [1.82, 2.24) is 9.97 Å². The summed E-state index contributed by atoms with van der Waals surface area (Å²) in [5.41, 5.74) is 0.802. The molecule has 1 aromatic heterocycles. The lowest BCUT2D eigenvalue weighted by atomic mass is 9.83. The zero-order valence-electron chi connectivity index (χ0n) is 18.0. The quantitative estimate of drug-likeness (QED) is 0.228. The monoisotopic (exact) mass is 474 g/mol. The van der Waals surface area contributed by atoms with Crippen LogP contribution in [0.3, 0.4) is 0 Å². The minimum Gasteiger partial charge on any atom is -0.396 e. The number of ketones is 1. The Morgan fingerprint density at radius 1 is 1.22 bits per heavy atom. The van der Waals surface area contributed by atoms with Crippen LogP contribution in [0.1, 0.15) is 37.8 Å². The van der Waals surface area contributed by atoms with E-state index in [1.807, 2.05) is 0 Å². The van der Waals surface area contributed by atoms with Gasteiger partial charge in [0.05, 0.1) is 30.7 Å². The molecular formula is C21H34N2O8S. The smallest absolute Gasteiger partial charge is 0.186 e. The molecule has 1 aromatic rings. The van der Waals surface area contributed by atoms with E-state index in [2.05, 4.69) is 9.97 Å². The number of carbonyl (C=O) groups excluding carboxylic acids is 1. The van der Waals surface area contributed by atoms with Crippen LogP contribution in [0.15, 0.2) is 12.5 Å². The van der Waals surface area contributed by atoms with Gasteiger partial charge in [-0.15, -0.1) is 0 Å². The first-order valence-electron chi connectivity index (χ1n) is 11.1. The number of thioether (sulfide) groups is 1. The third kappa shape index (κ3) is 6.97. The van der Waals surface area contributed by atoms with E-state index >= 15 is 0 Å². The van der Waals surface area contributed by atoms with Crippen LogP contribution in [0.5, 0.6) is 0 Å². The van der Waals surface area contributed by atoms with E-state index in [0.29, 0.717) is 31.4 Å². The molecule has 10 nitrogen and oxygen atoms in total. The van der Waals surface area contributed by atoms with Crippen molar-refractivity contribution < 1.29 is 39.8 Å². The molecule has 2 fully saturated rings. The van der Waals surface area contributed by atoms with Crippen molar-refractivity contribution in [2.45, 2.75) is 81.4 Å². The molecular weight excluding hydrogens is 440 g/mol. The summed E-state index contributed by atoms with van der Waals surface area (Å²) in [6, 6.07) is 0. The molecule has 2 aliphatic rings. The Bertz CT molecular complexity index is 691. The van der Waals surface area contributed by atoms with Crippen LogP contribution in [0.4, 0.5) is 0 Å². The Kier molecular flexibility index (Phi) is 9.93. The summed E-state index contributed by atoms with van der Waals surface area (Å²) in [5, 5.41) is 50.4. The number of carbonyl (C=O) groups is 1. The molecule has 0 spiro atoms. The molecule has 1 saturated heterocycles. The minimum absolute atomic E-state index is 0.141. The highest BCUT2D eigenvalue weighted by Gasteiger charge is 2.44. The fraction of sp³-hybridized carbons (Fsp3) is 0.810. The summed E-state index contributed by atoms with van der Waals surface area (Å²) >= 11 is 1.59. The zero-order valence-corrected chi connectivity index (χ0v) is 18.8. The summed E-state index contributed by atoms with van der Waals surface area (Å²) in [7, 11) is 0. The van der Waals surface area contributed by atoms with Gasteiger partial charge in [0.25, 0.3) is 0 Å². The van der Waals surface area contributed by atoms with E-state index in [-0.39, 0.29) is 24.9 Å². The van der Waals surface area contributed by atoms with Gasteiger partial charge >= 0.3 is 0 Å². The van der Waals surface area contributed by atoms with Crippen molar-refractivity contribution in [3.8, 4) is 0 Å². The molecule has 1 aliphatic carbocycles. The minimum atomic E-state index is -1.29. The van der Waals surface area contributed by atoms with Crippen molar-refractivity contribution in [1.29, 1.82) is 0 Å². The van der Waals surface area contributed by atoms with Crippen molar-refractivity contribution in [2.24, 2.45) is 5.92 Å². The van der Waals surface area contributed by atoms with Crippen molar-refractivity contribution in [2.75, 3.05) is 18.1 Å². The van der Waals surface area contributed by atoms with Crippen LogP contribution in [-0.2, 0) is 20.7 Å². The molecule has 6 N–H and O–H groups in total. The van der Waals surface area contributed by atoms with Gasteiger partial charge in [0.2, 0.25) is 0 Å². The number of hydrogen-bond acceptors (Lipinski definition) is 10. The standard InChI is InChI=1S/C21H34N2O8S/c24-9-12-3-4-16(26)18(28)20(12)31-21-19(29)17(27)7-15(30-21)10-32-5-1-2-14(25)6-13-8-22-11-23-13/h8,11-12,15-21,24,26-29H,1-7,9-10H2,(H,22,23). The Morgan fingerprint density at radius 3 is 2.75 bits per heavy atom. The predicted octanol–water partition coefficient (Wildman–Crippen LogP) is -0.619. The summed E-state index contributed by atoms with van der Waals surface area (Å²) in [6.07, 6.45) is -1.17. The van der Waals surface area contributed by atoms with Crippen molar-refractivity contribution in [3.63, 3.8) is 0 Å². The van der Waals surface area contributed by atoms with Gasteiger partial charge < -0.3 is 40.0 Å². The number of rotatable bonds is 11. The average molecular weight is 475 g/mol. The van der Waals surface area contributed by atoms with Crippen LogP contribution >= 0.6 is 11.8 Å². The van der Waals surface area contributed by atoms with E-state index in [1.165, 1.54) is 0 Å². The summed E-state index contributed by atoms with van der Waals surface area (Å²) < 4.78 is 11.6. The topological polar surface area (TPSA) is 165 Å². The van der Waals surface area contributed by atoms with Crippen LogP contribution < -0.4 is 0 Å². The maximum absolute atomic E-state index is 12.0. The molecule has 2 heterocycles. The normalized spacial score (nSPS) is 35.7. The summed E-state index contributed by atoms with van der Waals surface area (Å²) in [5.74, 6) is 1.05. The Balaban J connectivity index is 1.42. The number of hydrogen-bond donors (Lipinski definition) is 6. The Hall–Kier alpha value is -1.05. The molecule has 8 atom stereocenters. The molecule has 1 saturated carbocycles. The van der Waals surface area contributed by atoms with Gasteiger partial charge in [-0.05, 0) is 25.0 Å². The maximum Gasteiger partial charge on any atom is 0.186 e. The maximum atomic E-state index is 12.0. The third-order valence-corrected chi connectivity index (χ3v) is 7.23. The molecule has 0 bridgehead atoms. The molecule has 1 aliphatic heterocycles. The molecule has 0 radical (unpaired) electrons. The number of nitrogens with zero attached hydrogens (tertiary/aromatic N) is 1. The lowest BCUT2D eigenvalue weighted by molar-refractivity contribution is -0.300. The number of Topliss-reactive ketones (excluding diaryl/α,β-unsaturated/α-hetero) is 1.